The number of carbonyl (C=O) groups excluding carboxylic acids is 2. The molecule has 0 spiro atoms. The minimum absolute atomic E-state index is 0.127. The van der Waals surface area contributed by atoms with E-state index in [9.17, 15) is 14.0 Å². The van der Waals surface area contributed by atoms with E-state index in [2.05, 4.69) is 4.98 Å². The average Bonchev–Trinajstić information content (AvgIpc) is 3.00. The van der Waals surface area contributed by atoms with Gasteiger partial charge in [-0.15, -0.1) is 0 Å². The number of rotatable bonds is 4. The number of nitrogens with two attached hydrogens (primary N) is 2. The molecule has 0 bridgehead atoms. The summed E-state index contributed by atoms with van der Waals surface area (Å²) in [5.41, 5.74) is 14.0. The Hall–Kier alpha value is -3.16. The molecule has 0 radical (unpaired) electrons. The Morgan fingerprint density at radius 1 is 1.41 bits per heavy atom. The van der Waals surface area contributed by atoms with Crippen LogP contribution < -0.4 is 16.4 Å². The Bertz CT molecular complexity index is 931. The molecule has 1 aromatic heterocycles. The number of nitrogens with zero attached hydrogens (tertiary/aromatic N) is 2. The molecule has 8 heteroatoms. The number of ether oxygens (including phenoxy) is 1. The Kier molecular flexibility index (Phi) is 4.73. The van der Waals surface area contributed by atoms with Crippen molar-refractivity contribution in [3.05, 3.63) is 41.3 Å². The summed E-state index contributed by atoms with van der Waals surface area (Å²) in [6, 6.07) is 4.49. The monoisotopic (exact) mass is 372 g/mol. The van der Waals surface area contributed by atoms with E-state index in [4.69, 9.17) is 16.2 Å². The number of hydrogen-bond acceptors (Lipinski definition) is 5. The Labute approximate surface area is 156 Å². The second-order valence-corrected chi connectivity index (χ2v) is 6.71. The standard InChI is InChI=1S/C19H21FN4O3/c1-9-7-23-17(21)11(3)16(9)13-5-4-12(6-14(13)20)24-8-15(27-19(24)26)10(2)18(22)25/h4-7,10,15H,8H2,1-3H3,(H2,21,23)(H2,22,25). The van der Waals surface area contributed by atoms with Crippen LogP contribution in [-0.2, 0) is 9.53 Å². The number of primary amides is 1. The van der Waals surface area contributed by atoms with E-state index in [0.717, 1.165) is 5.56 Å². The number of carbonyl (C=O) groups is 2. The van der Waals surface area contributed by atoms with Crippen LogP contribution >= 0.6 is 0 Å². The van der Waals surface area contributed by atoms with Crippen LogP contribution in [-0.4, -0.2) is 29.6 Å². The summed E-state index contributed by atoms with van der Waals surface area (Å²) in [7, 11) is 0. The van der Waals surface area contributed by atoms with E-state index in [-0.39, 0.29) is 6.54 Å². The molecule has 1 aliphatic rings. The molecule has 3 rings (SSSR count). The molecule has 2 amide bonds. The quantitative estimate of drug-likeness (QED) is 0.857. The minimum Gasteiger partial charge on any atom is -0.443 e. The van der Waals surface area contributed by atoms with Gasteiger partial charge in [0.05, 0.1) is 18.2 Å². The van der Waals surface area contributed by atoms with Crippen LogP contribution in [0.3, 0.4) is 0 Å². The van der Waals surface area contributed by atoms with Gasteiger partial charge in [0.2, 0.25) is 5.91 Å². The molecule has 2 aromatic rings. The van der Waals surface area contributed by atoms with Crippen molar-refractivity contribution < 1.29 is 18.7 Å². The zero-order valence-electron chi connectivity index (χ0n) is 15.3. The van der Waals surface area contributed by atoms with Gasteiger partial charge < -0.3 is 16.2 Å². The molecule has 7 nitrogen and oxygen atoms in total. The van der Waals surface area contributed by atoms with E-state index in [1.165, 1.54) is 11.0 Å². The molecule has 2 atom stereocenters. The molecule has 27 heavy (non-hydrogen) atoms. The van der Waals surface area contributed by atoms with Crippen LogP contribution in [0.5, 0.6) is 0 Å². The molecule has 4 N–H and O–H groups in total. The van der Waals surface area contributed by atoms with E-state index in [1.54, 1.807) is 32.2 Å². The lowest BCUT2D eigenvalue weighted by atomic mass is 9.96. The Morgan fingerprint density at radius 2 is 2.11 bits per heavy atom. The Balaban J connectivity index is 1.94. The number of hydrogen-bond donors (Lipinski definition) is 2. The molecule has 1 saturated heterocycles. The maximum absolute atomic E-state index is 14.9. The fourth-order valence-electron chi connectivity index (χ4n) is 3.18. The van der Waals surface area contributed by atoms with Crippen molar-refractivity contribution in [2.24, 2.45) is 11.7 Å². The molecule has 2 heterocycles. The first-order chi connectivity index (χ1) is 12.7. The zero-order valence-corrected chi connectivity index (χ0v) is 15.3. The van der Waals surface area contributed by atoms with Gasteiger partial charge in [0.25, 0.3) is 0 Å². The van der Waals surface area contributed by atoms with Gasteiger partial charge in [-0.2, -0.15) is 0 Å². The van der Waals surface area contributed by atoms with Crippen molar-refractivity contribution in [1.82, 2.24) is 4.98 Å². The van der Waals surface area contributed by atoms with Crippen LogP contribution in [0.2, 0.25) is 0 Å². The lowest BCUT2D eigenvalue weighted by molar-refractivity contribution is -0.123. The van der Waals surface area contributed by atoms with Crippen molar-refractivity contribution in [2.45, 2.75) is 26.9 Å². The maximum Gasteiger partial charge on any atom is 0.414 e. The highest BCUT2D eigenvalue weighted by atomic mass is 19.1. The SMILES string of the molecule is Cc1cnc(N)c(C)c1-c1ccc(N2CC(C(C)C(N)=O)OC2=O)cc1F. The number of anilines is 2. The van der Waals surface area contributed by atoms with Crippen LogP contribution in [0.15, 0.2) is 24.4 Å². The second-order valence-electron chi connectivity index (χ2n) is 6.71. The van der Waals surface area contributed by atoms with Crippen LogP contribution in [0.1, 0.15) is 18.1 Å². The average molecular weight is 372 g/mol. The third-order valence-corrected chi connectivity index (χ3v) is 4.93. The topological polar surface area (TPSA) is 112 Å². The van der Waals surface area contributed by atoms with Crippen molar-refractivity contribution in [2.75, 3.05) is 17.2 Å². The molecule has 1 aromatic carbocycles. The normalized spacial score (nSPS) is 17.7. The summed E-state index contributed by atoms with van der Waals surface area (Å²) in [5.74, 6) is -1.35. The highest BCUT2D eigenvalue weighted by molar-refractivity contribution is 5.91. The van der Waals surface area contributed by atoms with Crippen LogP contribution in [0, 0.1) is 25.6 Å². The molecular weight excluding hydrogens is 351 g/mol. The summed E-state index contributed by atoms with van der Waals surface area (Å²) >= 11 is 0. The first-order valence-corrected chi connectivity index (χ1v) is 8.49. The number of halogens is 1. The molecule has 2 unspecified atom stereocenters. The molecule has 0 aliphatic carbocycles. The van der Waals surface area contributed by atoms with Crippen molar-refractivity contribution in [3.8, 4) is 11.1 Å². The largest absolute Gasteiger partial charge is 0.443 e. The summed E-state index contributed by atoms with van der Waals surface area (Å²) in [6.07, 6.45) is 0.293. The zero-order chi connectivity index (χ0) is 19.9. The third kappa shape index (κ3) is 3.30. The predicted molar refractivity (Wildman–Crippen MR) is 99.5 cm³/mol. The van der Waals surface area contributed by atoms with E-state index in [1.807, 2.05) is 6.92 Å². The fraction of sp³-hybridized carbons (Fsp3) is 0.316. The van der Waals surface area contributed by atoms with E-state index < -0.39 is 29.8 Å². The summed E-state index contributed by atoms with van der Waals surface area (Å²) in [4.78, 5) is 28.8. The number of aromatic nitrogens is 1. The summed E-state index contributed by atoms with van der Waals surface area (Å²) in [6.45, 7) is 5.33. The van der Waals surface area contributed by atoms with Gasteiger partial charge in [0, 0.05) is 11.8 Å². The first-order valence-electron chi connectivity index (χ1n) is 8.49. The van der Waals surface area contributed by atoms with Crippen molar-refractivity contribution >= 4 is 23.5 Å². The van der Waals surface area contributed by atoms with Gasteiger partial charge in [0.15, 0.2) is 0 Å². The number of pyridine rings is 1. The fourth-order valence-corrected chi connectivity index (χ4v) is 3.18. The van der Waals surface area contributed by atoms with Crippen LogP contribution in [0.4, 0.5) is 20.7 Å². The second kappa shape index (κ2) is 6.86. The minimum atomic E-state index is -0.665. The van der Waals surface area contributed by atoms with Gasteiger partial charge in [-0.1, -0.05) is 0 Å². The lowest BCUT2D eigenvalue weighted by Crippen LogP contribution is -2.34. The number of amides is 2. The molecule has 142 valence electrons. The van der Waals surface area contributed by atoms with E-state index in [0.29, 0.717) is 28.2 Å². The Morgan fingerprint density at radius 3 is 2.74 bits per heavy atom. The van der Waals surface area contributed by atoms with Crippen molar-refractivity contribution in [1.29, 1.82) is 0 Å². The maximum atomic E-state index is 14.9. The first kappa shape index (κ1) is 18.6. The van der Waals surface area contributed by atoms with Gasteiger partial charge >= 0.3 is 6.09 Å². The predicted octanol–water partition coefficient (Wildman–Crippen LogP) is 2.53. The molecule has 1 fully saturated rings. The van der Waals surface area contributed by atoms with Crippen LogP contribution in [0.25, 0.3) is 11.1 Å². The number of nitrogen functional groups attached to an aromatic ring is 1. The molecule has 0 saturated carbocycles. The summed E-state index contributed by atoms with van der Waals surface area (Å²) < 4.78 is 20.1. The van der Waals surface area contributed by atoms with Gasteiger partial charge in [-0.25, -0.2) is 14.2 Å². The number of cyclic esters (lactones) is 1. The molecular formula is C19H21FN4O3. The smallest absolute Gasteiger partial charge is 0.414 e. The number of aryl methyl sites for hydroxylation is 1. The highest BCUT2D eigenvalue weighted by Crippen LogP contribution is 2.34. The third-order valence-electron chi connectivity index (χ3n) is 4.93. The van der Waals surface area contributed by atoms with Gasteiger partial charge in [0.1, 0.15) is 17.7 Å². The van der Waals surface area contributed by atoms with Gasteiger partial charge in [-0.3, -0.25) is 9.69 Å². The highest BCUT2D eigenvalue weighted by Gasteiger charge is 2.38. The summed E-state index contributed by atoms with van der Waals surface area (Å²) in [5, 5.41) is 0. The molecule has 1 aliphatic heterocycles. The van der Waals surface area contributed by atoms with Gasteiger partial charge in [-0.05, 0) is 55.7 Å². The van der Waals surface area contributed by atoms with E-state index >= 15 is 0 Å². The number of benzene rings is 1. The lowest BCUT2D eigenvalue weighted by Gasteiger charge is -2.17. The van der Waals surface area contributed by atoms with Crippen molar-refractivity contribution in [3.63, 3.8) is 0 Å².